The average Bonchev–Trinajstić information content (AvgIpc) is 3.47. The maximum absolute atomic E-state index is 12.9. The third kappa shape index (κ3) is 5.39. The predicted octanol–water partition coefficient (Wildman–Crippen LogP) is 5.41. The molecular weight excluding hydrogens is 472 g/mol. The lowest BCUT2D eigenvalue weighted by Gasteiger charge is -2.35. The van der Waals surface area contributed by atoms with Gasteiger partial charge in [0.25, 0.3) is 5.91 Å². The lowest BCUT2D eigenvalue weighted by atomic mass is 10.1. The van der Waals surface area contributed by atoms with Gasteiger partial charge in [0.2, 0.25) is 0 Å². The van der Waals surface area contributed by atoms with Gasteiger partial charge in [0.05, 0.1) is 29.4 Å². The van der Waals surface area contributed by atoms with E-state index in [9.17, 15) is 4.79 Å². The van der Waals surface area contributed by atoms with Crippen molar-refractivity contribution in [1.29, 1.82) is 0 Å². The fraction of sp³-hybridized carbons (Fsp3) is 0.321. The van der Waals surface area contributed by atoms with Crippen molar-refractivity contribution >= 4 is 28.9 Å². The van der Waals surface area contributed by atoms with Crippen molar-refractivity contribution < 1.29 is 14.3 Å². The first kappa shape index (κ1) is 24.3. The zero-order valence-corrected chi connectivity index (χ0v) is 21.6. The monoisotopic (exact) mass is 502 g/mol. The fourth-order valence-electron chi connectivity index (χ4n) is 4.39. The van der Waals surface area contributed by atoms with E-state index in [1.165, 1.54) is 11.8 Å². The maximum atomic E-state index is 12.9. The highest BCUT2D eigenvalue weighted by molar-refractivity contribution is 8.18. The number of thioether (sulfide) groups is 1. The highest BCUT2D eigenvalue weighted by atomic mass is 32.2. The summed E-state index contributed by atoms with van der Waals surface area (Å²) in [5.41, 5.74) is 3.50. The summed E-state index contributed by atoms with van der Waals surface area (Å²) in [7, 11) is 0. The van der Waals surface area contributed by atoms with E-state index in [-0.39, 0.29) is 18.1 Å². The van der Waals surface area contributed by atoms with Gasteiger partial charge in [-0.3, -0.25) is 4.79 Å². The summed E-state index contributed by atoms with van der Waals surface area (Å²) in [6.07, 6.45) is 4.99. The molecule has 3 aromatic rings. The molecule has 0 aliphatic carbocycles. The molecule has 0 radical (unpaired) electrons. The minimum Gasteiger partial charge on any atom is -0.494 e. The first-order valence-corrected chi connectivity index (χ1v) is 13.1. The number of amides is 1. The molecule has 1 fully saturated rings. The van der Waals surface area contributed by atoms with E-state index in [4.69, 9.17) is 14.6 Å². The number of rotatable bonds is 6. The van der Waals surface area contributed by atoms with Crippen molar-refractivity contribution in [3.63, 3.8) is 0 Å². The Bertz CT molecular complexity index is 1290. The van der Waals surface area contributed by atoms with Gasteiger partial charge >= 0.3 is 0 Å². The summed E-state index contributed by atoms with van der Waals surface area (Å²) < 4.78 is 13.5. The van der Waals surface area contributed by atoms with Gasteiger partial charge in [0, 0.05) is 30.4 Å². The van der Waals surface area contributed by atoms with Crippen molar-refractivity contribution in [3.05, 3.63) is 71.3 Å². The highest BCUT2D eigenvalue weighted by Gasteiger charge is 2.31. The van der Waals surface area contributed by atoms with Gasteiger partial charge < -0.3 is 14.4 Å². The van der Waals surface area contributed by atoms with Crippen LogP contribution in [0.2, 0.25) is 0 Å². The number of aliphatic imine (C=N–C) groups is 1. The van der Waals surface area contributed by atoms with Crippen LogP contribution in [0.15, 0.2) is 70.7 Å². The molecule has 0 N–H and O–H groups in total. The van der Waals surface area contributed by atoms with Crippen LogP contribution in [-0.4, -0.2) is 57.7 Å². The molecule has 8 heteroatoms. The van der Waals surface area contributed by atoms with Gasteiger partial charge in [-0.05, 0) is 62.4 Å². The molecule has 2 aliphatic heterocycles. The molecule has 0 bridgehead atoms. The molecule has 1 amide bonds. The van der Waals surface area contributed by atoms with Crippen LogP contribution >= 0.6 is 11.8 Å². The molecular formula is C28H30N4O3S. The molecule has 7 nitrogen and oxygen atoms in total. The van der Waals surface area contributed by atoms with Crippen LogP contribution in [0.4, 0.5) is 0 Å². The van der Waals surface area contributed by atoms with Gasteiger partial charge in [-0.2, -0.15) is 10.1 Å². The summed E-state index contributed by atoms with van der Waals surface area (Å²) in [5.74, 6) is 0.579. The Hall–Kier alpha value is -3.36. The van der Waals surface area contributed by atoms with E-state index in [2.05, 4.69) is 16.8 Å². The lowest BCUT2D eigenvalue weighted by molar-refractivity contribution is -0.113. The van der Waals surface area contributed by atoms with Crippen LogP contribution in [0.3, 0.4) is 0 Å². The zero-order valence-electron chi connectivity index (χ0n) is 20.8. The minimum absolute atomic E-state index is 0.0955. The number of carbonyl (C=O) groups is 1. The van der Waals surface area contributed by atoms with Crippen LogP contribution in [0.5, 0.6) is 5.75 Å². The predicted molar refractivity (Wildman–Crippen MR) is 144 cm³/mol. The number of aromatic nitrogens is 2. The molecule has 36 heavy (non-hydrogen) atoms. The number of ether oxygens (including phenoxy) is 2. The first-order valence-electron chi connectivity index (χ1n) is 12.3. The maximum Gasteiger partial charge on any atom is 0.286 e. The molecule has 2 aromatic carbocycles. The van der Waals surface area contributed by atoms with Crippen molar-refractivity contribution in [3.8, 4) is 22.7 Å². The third-order valence-electron chi connectivity index (χ3n) is 5.93. The second-order valence-electron chi connectivity index (χ2n) is 9.06. The van der Waals surface area contributed by atoms with E-state index in [1.54, 1.807) is 0 Å². The number of morpholine rings is 1. The number of nitrogens with zero attached hydrogens (tertiary/aromatic N) is 4. The summed E-state index contributed by atoms with van der Waals surface area (Å²) in [5, 5.41) is 5.64. The second kappa shape index (κ2) is 10.7. The summed E-state index contributed by atoms with van der Waals surface area (Å²) in [6.45, 7) is 8.27. The normalized spacial score (nSPS) is 21.2. The van der Waals surface area contributed by atoms with E-state index in [0.717, 1.165) is 52.9 Å². The number of carbonyl (C=O) groups excluding carboxylic acids is 1. The zero-order chi connectivity index (χ0) is 25.1. The van der Waals surface area contributed by atoms with Gasteiger partial charge in [-0.25, -0.2) is 4.68 Å². The number of hydrogen-bond donors (Lipinski definition) is 0. The average molecular weight is 503 g/mol. The van der Waals surface area contributed by atoms with E-state index >= 15 is 0 Å². The molecule has 0 saturated carbocycles. The van der Waals surface area contributed by atoms with E-state index in [1.807, 2.05) is 85.4 Å². The Kier molecular flexibility index (Phi) is 7.25. The second-order valence-corrected chi connectivity index (χ2v) is 10.1. The smallest absolute Gasteiger partial charge is 0.286 e. The van der Waals surface area contributed by atoms with Crippen molar-refractivity contribution in [2.24, 2.45) is 4.99 Å². The van der Waals surface area contributed by atoms with Crippen molar-refractivity contribution in [2.45, 2.75) is 39.4 Å². The Labute approximate surface area is 215 Å². The third-order valence-corrected chi connectivity index (χ3v) is 6.97. The molecule has 1 aromatic heterocycles. The Morgan fingerprint density at radius 3 is 2.64 bits per heavy atom. The van der Waals surface area contributed by atoms with Gasteiger partial charge in [0.1, 0.15) is 11.4 Å². The fourth-order valence-corrected chi connectivity index (χ4v) is 5.31. The van der Waals surface area contributed by atoms with Gasteiger partial charge in [-0.1, -0.05) is 37.3 Å². The quantitative estimate of drug-likeness (QED) is 0.420. The summed E-state index contributed by atoms with van der Waals surface area (Å²) >= 11 is 1.42. The molecule has 1 saturated heterocycles. The van der Waals surface area contributed by atoms with Crippen LogP contribution in [0, 0.1) is 0 Å². The van der Waals surface area contributed by atoms with E-state index < -0.39 is 0 Å². The molecule has 2 aliphatic rings. The summed E-state index contributed by atoms with van der Waals surface area (Å²) in [4.78, 5) is 20.0. The highest BCUT2D eigenvalue weighted by Crippen LogP contribution is 2.34. The number of benzene rings is 2. The van der Waals surface area contributed by atoms with Crippen LogP contribution < -0.4 is 4.74 Å². The van der Waals surface area contributed by atoms with Crippen molar-refractivity contribution in [1.82, 2.24) is 14.7 Å². The molecule has 186 valence electrons. The molecule has 0 spiro atoms. The number of para-hydroxylation sites is 1. The van der Waals surface area contributed by atoms with Crippen molar-refractivity contribution in [2.75, 3.05) is 19.7 Å². The SMILES string of the molecule is CCCOc1cccc(-c2nn(-c3ccccc3)cc2/C=C2\SC(N3C[C@H](C)O[C@@H](C)C3)=NC2=O)c1. The topological polar surface area (TPSA) is 68.9 Å². The minimum atomic E-state index is -0.222. The number of amidine groups is 1. The van der Waals surface area contributed by atoms with Gasteiger partial charge in [0.15, 0.2) is 5.17 Å². The molecule has 2 atom stereocenters. The Morgan fingerprint density at radius 1 is 1.11 bits per heavy atom. The standard InChI is InChI=1S/C28H30N4O3S/c1-4-13-34-24-12-8-9-21(14-24)26-22(18-32(30-26)23-10-6-5-7-11-23)15-25-27(33)29-28(36-25)31-16-19(2)35-20(3)17-31/h5-12,14-15,18-20H,4,13,16-17H2,1-3H3/b25-15-/t19-,20-/m0/s1. The van der Waals surface area contributed by atoms with Gasteiger partial charge in [-0.15, -0.1) is 0 Å². The van der Waals surface area contributed by atoms with Crippen LogP contribution in [0.1, 0.15) is 32.8 Å². The molecule has 3 heterocycles. The first-order chi connectivity index (χ1) is 17.5. The Morgan fingerprint density at radius 2 is 1.89 bits per heavy atom. The summed E-state index contributed by atoms with van der Waals surface area (Å²) in [6, 6.07) is 17.9. The Balaban J connectivity index is 1.49. The van der Waals surface area contributed by atoms with Crippen LogP contribution in [0.25, 0.3) is 23.0 Å². The number of hydrogen-bond acceptors (Lipinski definition) is 6. The van der Waals surface area contributed by atoms with E-state index in [0.29, 0.717) is 11.5 Å². The molecule has 0 unspecified atom stereocenters. The van der Waals surface area contributed by atoms with Crippen LogP contribution in [-0.2, 0) is 9.53 Å². The largest absolute Gasteiger partial charge is 0.494 e. The molecule has 5 rings (SSSR count). The lowest BCUT2D eigenvalue weighted by Crippen LogP contribution is -2.47.